The molecule has 0 amide bonds. The number of methoxy groups -OCH3 is 1. The van der Waals surface area contributed by atoms with E-state index in [1.807, 2.05) is 0 Å². The van der Waals surface area contributed by atoms with Gasteiger partial charge in [0.25, 0.3) is 0 Å². The van der Waals surface area contributed by atoms with E-state index in [0.717, 1.165) is 32.6 Å². The molecule has 1 fully saturated rings. The first-order valence-electron chi connectivity index (χ1n) is 6.17. The molecule has 1 rings (SSSR count). The molecule has 1 heterocycles. The van der Waals surface area contributed by atoms with Gasteiger partial charge in [-0.15, -0.1) is 0 Å². The lowest BCUT2D eigenvalue weighted by Gasteiger charge is -2.23. The molecule has 1 N–H and O–H groups in total. The molecule has 0 spiro atoms. The fourth-order valence-electron chi connectivity index (χ4n) is 1.92. The van der Waals surface area contributed by atoms with Crippen LogP contribution in [-0.4, -0.2) is 39.0 Å². The number of nitrogens with one attached hydrogen (secondary N) is 1. The van der Waals surface area contributed by atoms with Crippen molar-refractivity contribution in [3.63, 3.8) is 0 Å². The smallest absolute Gasteiger partial charge is 0.0587 e. The van der Waals surface area contributed by atoms with Crippen molar-refractivity contribution in [2.24, 2.45) is 0 Å². The van der Waals surface area contributed by atoms with E-state index >= 15 is 0 Å². The van der Waals surface area contributed by atoms with Crippen LogP contribution in [-0.2, 0) is 9.47 Å². The van der Waals surface area contributed by atoms with Crippen molar-refractivity contribution in [3.8, 4) is 0 Å². The highest BCUT2D eigenvalue weighted by Gasteiger charge is 2.13. The average Bonchev–Trinajstić information content (AvgIpc) is 2.28. The highest BCUT2D eigenvalue weighted by molar-refractivity contribution is 4.67. The fourth-order valence-corrected chi connectivity index (χ4v) is 1.92. The lowest BCUT2D eigenvalue weighted by atomic mass is 10.1. The molecule has 15 heavy (non-hydrogen) atoms. The summed E-state index contributed by atoms with van der Waals surface area (Å²) in [4.78, 5) is 0. The van der Waals surface area contributed by atoms with E-state index in [9.17, 15) is 0 Å². The summed E-state index contributed by atoms with van der Waals surface area (Å²) in [5, 5.41) is 3.50. The minimum absolute atomic E-state index is 0.501. The Hall–Kier alpha value is -0.120. The Kier molecular flexibility index (Phi) is 6.98. The molecule has 0 aromatic carbocycles. The maximum Gasteiger partial charge on any atom is 0.0587 e. The fraction of sp³-hybridized carbons (Fsp3) is 1.00. The minimum Gasteiger partial charge on any atom is -0.385 e. The van der Waals surface area contributed by atoms with Crippen molar-refractivity contribution in [1.82, 2.24) is 5.32 Å². The van der Waals surface area contributed by atoms with Crippen LogP contribution < -0.4 is 5.32 Å². The summed E-state index contributed by atoms with van der Waals surface area (Å²) in [5.74, 6) is 0. The van der Waals surface area contributed by atoms with Crippen molar-refractivity contribution in [3.05, 3.63) is 0 Å². The van der Waals surface area contributed by atoms with Crippen molar-refractivity contribution < 1.29 is 9.47 Å². The lowest BCUT2D eigenvalue weighted by Crippen LogP contribution is -2.31. The molecule has 1 aliphatic rings. The Morgan fingerprint density at radius 1 is 1.47 bits per heavy atom. The van der Waals surface area contributed by atoms with Gasteiger partial charge in [0.1, 0.15) is 0 Å². The summed E-state index contributed by atoms with van der Waals surface area (Å²) in [6, 6.07) is 0.550. The predicted octanol–water partition coefficient (Wildman–Crippen LogP) is 1.96. The Morgan fingerprint density at radius 3 is 3.00 bits per heavy atom. The van der Waals surface area contributed by atoms with Gasteiger partial charge >= 0.3 is 0 Å². The highest BCUT2D eigenvalue weighted by atomic mass is 16.5. The molecule has 2 unspecified atom stereocenters. The van der Waals surface area contributed by atoms with E-state index in [1.54, 1.807) is 7.11 Å². The molecule has 0 saturated carbocycles. The van der Waals surface area contributed by atoms with Crippen LogP contribution in [0.15, 0.2) is 0 Å². The Bertz CT molecular complexity index is 147. The SMILES string of the molecule is COCCC(C)NCCC1CCCCO1. The summed E-state index contributed by atoms with van der Waals surface area (Å²) in [6.07, 6.45) is 6.56. The second kappa shape index (κ2) is 8.08. The molecule has 3 nitrogen and oxygen atoms in total. The summed E-state index contributed by atoms with van der Waals surface area (Å²) in [5.41, 5.74) is 0. The lowest BCUT2D eigenvalue weighted by molar-refractivity contribution is 0.0111. The molecule has 0 aromatic heterocycles. The molecule has 2 atom stereocenters. The van der Waals surface area contributed by atoms with Gasteiger partial charge in [0.05, 0.1) is 6.10 Å². The third-order valence-corrected chi connectivity index (χ3v) is 2.99. The van der Waals surface area contributed by atoms with Crippen molar-refractivity contribution in [1.29, 1.82) is 0 Å². The molecule has 1 saturated heterocycles. The summed E-state index contributed by atoms with van der Waals surface area (Å²) in [6.45, 7) is 5.08. The Morgan fingerprint density at radius 2 is 2.33 bits per heavy atom. The number of hydrogen-bond donors (Lipinski definition) is 1. The summed E-state index contributed by atoms with van der Waals surface area (Å²) in [7, 11) is 1.75. The largest absolute Gasteiger partial charge is 0.385 e. The van der Waals surface area contributed by atoms with Crippen LogP contribution in [0.25, 0.3) is 0 Å². The third kappa shape index (κ3) is 6.13. The zero-order valence-corrected chi connectivity index (χ0v) is 10.1. The van der Waals surface area contributed by atoms with Gasteiger partial charge in [-0.2, -0.15) is 0 Å². The topological polar surface area (TPSA) is 30.5 Å². The van der Waals surface area contributed by atoms with E-state index in [1.165, 1.54) is 19.3 Å². The predicted molar refractivity (Wildman–Crippen MR) is 62.2 cm³/mol. The maximum atomic E-state index is 5.68. The minimum atomic E-state index is 0.501. The van der Waals surface area contributed by atoms with Crippen LogP contribution in [0.2, 0.25) is 0 Å². The van der Waals surface area contributed by atoms with Crippen molar-refractivity contribution in [2.45, 2.75) is 51.2 Å². The van der Waals surface area contributed by atoms with Crippen LogP contribution in [0.5, 0.6) is 0 Å². The quantitative estimate of drug-likeness (QED) is 0.704. The third-order valence-electron chi connectivity index (χ3n) is 2.99. The number of ether oxygens (including phenoxy) is 2. The highest BCUT2D eigenvalue weighted by Crippen LogP contribution is 2.14. The van der Waals surface area contributed by atoms with Crippen LogP contribution in [0.4, 0.5) is 0 Å². The van der Waals surface area contributed by atoms with E-state index in [0.29, 0.717) is 12.1 Å². The second-order valence-corrected chi connectivity index (χ2v) is 4.41. The van der Waals surface area contributed by atoms with Gasteiger partial charge < -0.3 is 14.8 Å². The first kappa shape index (κ1) is 12.9. The van der Waals surface area contributed by atoms with Gasteiger partial charge in [-0.3, -0.25) is 0 Å². The molecule has 0 aliphatic carbocycles. The van der Waals surface area contributed by atoms with E-state index in [-0.39, 0.29) is 0 Å². The van der Waals surface area contributed by atoms with Gasteiger partial charge in [0, 0.05) is 26.4 Å². The van der Waals surface area contributed by atoms with Gasteiger partial charge in [-0.25, -0.2) is 0 Å². The van der Waals surface area contributed by atoms with Crippen LogP contribution >= 0.6 is 0 Å². The van der Waals surface area contributed by atoms with Gasteiger partial charge in [-0.05, 0) is 45.6 Å². The first-order chi connectivity index (χ1) is 7.33. The van der Waals surface area contributed by atoms with Crippen molar-refractivity contribution in [2.75, 3.05) is 26.9 Å². The molecule has 0 radical (unpaired) electrons. The van der Waals surface area contributed by atoms with E-state index in [2.05, 4.69) is 12.2 Å². The summed E-state index contributed by atoms with van der Waals surface area (Å²) >= 11 is 0. The van der Waals surface area contributed by atoms with E-state index < -0.39 is 0 Å². The Balaban J connectivity index is 1.94. The van der Waals surface area contributed by atoms with E-state index in [4.69, 9.17) is 9.47 Å². The summed E-state index contributed by atoms with van der Waals surface area (Å²) < 4.78 is 10.7. The molecule has 3 heteroatoms. The molecule has 0 aromatic rings. The molecular weight excluding hydrogens is 190 g/mol. The van der Waals surface area contributed by atoms with Crippen LogP contribution in [0.3, 0.4) is 0 Å². The van der Waals surface area contributed by atoms with Gasteiger partial charge in [-0.1, -0.05) is 0 Å². The number of rotatable bonds is 7. The zero-order chi connectivity index (χ0) is 10.9. The molecule has 0 bridgehead atoms. The van der Waals surface area contributed by atoms with Gasteiger partial charge in [0.2, 0.25) is 0 Å². The number of hydrogen-bond acceptors (Lipinski definition) is 3. The van der Waals surface area contributed by atoms with Crippen LogP contribution in [0.1, 0.15) is 39.0 Å². The monoisotopic (exact) mass is 215 g/mol. The molecular formula is C12H25NO2. The van der Waals surface area contributed by atoms with Gasteiger partial charge in [0.15, 0.2) is 0 Å². The Labute approximate surface area is 93.5 Å². The molecule has 90 valence electrons. The standard InChI is InChI=1S/C12H25NO2/c1-11(7-10-14-2)13-8-6-12-5-3-4-9-15-12/h11-13H,3-10H2,1-2H3. The maximum absolute atomic E-state index is 5.68. The molecule has 1 aliphatic heterocycles. The van der Waals surface area contributed by atoms with Crippen molar-refractivity contribution >= 4 is 0 Å². The van der Waals surface area contributed by atoms with Crippen LogP contribution in [0, 0.1) is 0 Å². The second-order valence-electron chi connectivity index (χ2n) is 4.41. The first-order valence-corrected chi connectivity index (χ1v) is 6.17. The zero-order valence-electron chi connectivity index (χ0n) is 10.1. The average molecular weight is 215 g/mol. The normalized spacial score (nSPS) is 24.0.